The Labute approximate surface area is 140 Å². The van der Waals surface area contributed by atoms with Crippen molar-refractivity contribution in [1.29, 1.82) is 0 Å². The largest absolute Gasteiger partial charge is 0.416 e. The summed E-state index contributed by atoms with van der Waals surface area (Å²) in [6, 6.07) is 5.90. The number of sulfonamides is 1. The van der Waals surface area contributed by atoms with E-state index >= 15 is 0 Å². The van der Waals surface area contributed by atoms with Gasteiger partial charge in [-0.1, -0.05) is 18.2 Å². The van der Waals surface area contributed by atoms with Crippen LogP contribution in [0, 0.1) is 11.6 Å². The smallest absolute Gasteiger partial charge is 0.387 e. The summed E-state index contributed by atoms with van der Waals surface area (Å²) in [5.74, 6) is -2.62. The highest BCUT2D eigenvalue weighted by molar-refractivity contribution is 7.89. The average Bonchev–Trinajstić information content (AvgIpc) is 2.51. The second kappa shape index (κ2) is 7.06. The number of aliphatic hydroxyl groups is 1. The third-order valence-electron chi connectivity index (χ3n) is 3.28. The Balaban J connectivity index is 2.12. The summed E-state index contributed by atoms with van der Waals surface area (Å²) in [6.07, 6.45) is -6.06. The lowest BCUT2D eigenvalue weighted by Gasteiger charge is -2.14. The van der Waals surface area contributed by atoms with E-state index in [9.17, 15) is 35.5 Å². The second-order valence-corrected chi connectivity index (χ2v) is 6.74. The summed E-state index contributed by atoms with van der Waals surface area (Å²) >= 11 is 0. The monoisotopic (exact) mass is 381 g/mol. The first kappa shape index (κ1) is 19.3. The molecular weight excluding hydrogens is 369 g/mol. The number of hydrogen-bond donors (Lipinski definition) is 2. The molecule has 1 atom stereocenters. The Morgan fingerprint density at radius 3 is 2.00 bits per heavy atom. The van der Waals surface area contributed by atoms with Gasteiger partial charge in [0.15, 0.2) is 4.90 Å². The van der Waals surface area contributed by atoms with Crippen molar-refractivity contribution in [3.63, 3.8) is 0 Å². The maximum atomic E-state index is 13.5. The number of hydrogen-bond acceptors (Lipinski definition) is 3. The molecule has 0 aromatic heterocycles. The molecule has 2 N–H and O–H groups in total. The predicted octanol–water partition coefficient (Wildman–Crippen LogP) is 3.00. The van der Waals surface area contributed by atoms with Crippen molar-refractivity contribution in [1.82, 2.24) is 4.72 Å². The van der Waals surface area contributed by atoms with Gasteiger partial charge in [-0.15, -0.1) is 0 Å². The SMILES string of the molecule is O=S(=O)(NCC(O)c1ccc(C(F)(F)F)cc1)c1c(F)cccc1F. The van der Waals surface area contributed by atoms with E-state index < -0.39 is 50.9 Å². The van der Waals surface area contributed by atoms with Crippen LogP contribution in [-0.2, 0) is 16.2 Å². The van der Waals surface area contributed by atoms with E-state index in [2.05, 4.69) is 0 Å². The van der Waals surface area contributed by atoms with Gasteiger partial charge in [-0.3, -0.25) is 0 Å². The topological polar surface area (TPSA) is 66.4 Å². The van der Waals surface area contributed by atoms with Crippen molar-refractivity contribution < 1.29 is 35.5 Å². The Kier molecular flexibility index (Phi) is 5.45. The fourth-order valence-electron chi connectivity index (χ4n) is 2.01. The van der Waals surface area contributed by atoms with Crippen molar-refractivity contribution in [3.8, 4) is 0 Å². The molecule has 0 amide bonds. The van der Waals surface area contributed by atoms with Crippen LogP contribution in [-0.4, -0.2) is 20.1 Å². The standard InChI is InChI=1S/C15H12F5NO3S/c16-11-2-1-3-12(17)14(11)25(23,24)21-8-13(22)9-4-6-10(7-5-9)15(18,19)20/h1-7,13,21-22H,8H2. The molecule has 2 aromatic rings. The summed E-state index contributed by atoms with van der Waals surface area (Å²) < 4.78 is 90.1. The minimum atomic E-state index is -4.60. The number of rotatable bonds is 5. The van der Waals surface area contributed by atoms with Gasteiger partial charge in [0.1, 0.15) is 11.6 Å². The molecule has 25 heavy (non-hydrogen) atoms. The third-order valence-corrected chi connectivity index (χ3v) is 4.75. The molecule has 2 aromatic carbocycles. The molecular formula is C15H12F5NO3S. The first-order chi connectivity index (χ1) is 11.5. The predicted molar refractivity (Wildman–Crippen MR) is 78.0 cm³/mol. The minimum absolute atomic E-state index is 0.00436. The van der Waals surface area contributed by atoms with Crippen molar-refractivity contribution >= 4 is 10.0 Å². The molecule has 0 aliphatic rings. The molecule has 0 saturated carbocycles. The van der Waals surface area contributed by atoms with Crippen molar-refractivity contribution in [2.75, 3.05) is 6.54 Å². The normalized spacial score (nSPS) is 13.7. The Morgan fingerprint density at radius 1 is 1.00 bits per heavy atom. The summed E-state index contributed by atoms with van der Waals surface area (Å²) in [5, 5.41) is 9.87. The third kappa shape index (κ3) is 4.53. The summed E-state index contributed by atoms with van der Waals surface area (Å²) in [5.41, 5.74) is -0.929. The van der Waals surface area contributed by atoms with Gasteiger partial charge in [0.25, 0.3) is 0 Å². The number of alkyl halides is 3. The molecule has 0 bridgehead atoms. The molecule has 1 unspecified atom stereocenters. The van der Waals surface area contributed by atoms with Gasteiger partial charge in [0.2, 0.25) is 10.0 Å². The molecule has 4 nitrogen and oxygen atoms in total. The zero-order valence-corrected chi connectivity index (χ0v) is 13.2. The Bertz CT molecular complexity index is 830. The van der Waals surface area contributed by atoms with E-state index in [4.69, 9.17) is 0 Å². The summed E-state index contributed by atoms with van der Waals surface area (Å²) in [7, 11) is -4.60. The van der Waals surface area contributed by atoms with Gasteiger partial charge in [0.05, 0.1) is 11.7 Å². The highest BCUT2D eigenvalue weighted by Gasteiger charge is 2.30. The zero-order valence-electron chi connectivity index (χ0n) is 12.4. The number of benzene rings is 2. The molecule has 0 aliphatic heterocycles. The molecule has 2 rings (SSSR count). The quantitative estimate of drug-likeness (QED) is 0.783. The van der Waals surface area contributed by atoms with Crippen molar-refractivity contribution in [2.45, 2.75) is 17.2 Å². The van der Waals surface area contributed by atoms with Crippen molar-refractivity contribution in [2.24, 2.45) is 0 Å². The molecule has 0 saturated heterocycles. The van der Waals surface area contributed by atoms with Crippen LogP contribution in [0.3, 0.4) is 0 Å². The number of nitrogens with one attached hydrogen (secondary N) is 1. The van der Waals surface area contributed by atoms with Crippen LogP contribution in [0.4, 0.5) is 22.0 Å². The molecule has 0 fully saturated rings. The van der Waals surface area contributed by atoms with Crippen LogP contribution in [0.15, 0.2) is 47.4 Å². The Hall–Kier alpha value is -2.04. The van der Waals surface area contributed by atoms with E-state index in [1.807, 2.05) is 4.72 Å². The van der Waals surface area contributed by atoms with Gasteiger partial charge >= 0.3 is 6.18 Å². The van der Waals surface area contributed by atoms with E-state index in [1.54, 1.807) is 0 Å². The molecule has 10 heteroatoms. The lowest BCUT2D eigenvalue weighted by atomic mass is 10.1. The Morgan fingerprint density at radius 2 is 1.52 bits per heavy atom. The van der Waals surface area contributed by atoms with Crippen LogP contribution in [0.2, 0.25) is 0 Å². The van der Waals surface area contributed by atoms with E-state index in [0.29, 0.717) is 0 Å². The lowest BCUT2D eigenvalue weighted by molar-refractivity contribution is -0.137. The fraction of sp³-hybridized carbons (Fsp3) is 0.200. The first-order valence-electron chi connectivity index (χ1n) is 6.81. The molecule has 0 radical (unpaired) electrons. The fourth-order valence-corrected chi connectivity index (χ4v) is 3.18. The maximum absolute atomic E-state index is 13.5. The van der Waals surface area contributed by atoms with E-state index in [-0.39, 0.29) is 5.56 Å². The first-order valence-corrected chi connectivity index (χ1v) is 8.29. The number of halogens is 5. The van der Waals surface area contributed by atoms with Crippen LogP contribution < -0.4 is 4.72 Å². The van der Waals surface area contributed by atoms with Gasteiger partial charge in [0, 0.05) is 6.54 Å². The van der Waals surface area contributed by atoms with E-state index in [1.165, 1.54) is 0 Å². The zero-order chi connectivity index (χ0) is 18.8. The highest BCUT2D eigenvalue weighted by atomic mass is 32.2. The molecule has 136 valence electrons. The maximum Gasteiger partial charge on any atom is 0.416 e. The van der Waals surface area contributed by atoms with Crippen molar-refractivity contribution in [3.05, 3.63) is 65.2 Å². The minimum Gasteiger partial charge on any atom is -0.387 e. The summed E-state index contributed by atoms with van der Waals surface area (Å²) in [6.45, 7) is -0.679. The van der Waals surface area contributed by atoms with Crippen LogP contribution in [0.5, 0.6) is 0 Å². The lowest BCUT2D eigenvalue weighted by Crippen LogP contribution is -2.30. The van der Waals surface area contributed by atoms with Crippen LogP contribution in [0.1, 0.15) is 17.2 Å². The number of aliphatic hydroxyl groups excluding tert-OH is 1. The van der Waals surface area contributed by atoms with E-state index in [0.717, 1.165) is 42.5 Å². The summed E-state index contributed by atoms with van der Waals surface area (Å²) in [4.78, 5) is -1.20. The second-order valence-electron chi connectivity index (χ2n) is 5.04. The molecule has 0 aliphatic carbocycles. The van der Waals surface area contributed by atoms with Gasteiger partial charge in [-0.25, -0.2) is 21.9 Å². The van der Waals surface area contributed by atoms with Gasteiger partial charge in [-0.2, -0.15) is 13.2 Å². The van der Waals surface area contributed by atoms with Crippen LogP contribution >= 0.6 is 0 Å². The van der Waals surface area contributed by atoms with Crippen LogP contribution in [0.25, 0.3) is 0 Å². The average molecular weight is 381 g/mol. The molecule has 0 spiro atoms. The van der Waals surface area contributed by atoms with Gasteiger partial charge < -0.3 is 5.11 Å². The molecule has 0 heterocycles. The van der Waals surface area contributed by atoms with Gasteiger partial charge in [-0.05, 0) is 29.8 Å². The highest BCUT2D eigenvalue weighted by Crippen LogP contribution is 2.30.